The van der Waals surface area contributed by atoms with Crippen LogP contribution in [0.4, 0.5) is 5.69 Å². The number of para-hydroxylation sites is 1. The monoisotopic (exact) mass is 408 g/mol. The van der Waals surface area contributed by atoms with Crippen molar-refractivity contribution in [3.8, 4) is 11.5 Å². The molecule has 1 amide bonds. The second-order valence-electron chi connectivity index (χ2n) is 6.69. The summed E-state index contributed by atoms with van der Waals surface area (Å²) in [5.41, 5.74) is 0.620. The highest BCUT2D eigenvalue weighted by Crippen LogP contribution is 2.32. The van der Waals surface area contributed by atoms with Crippen LogP contribution in [0.15, 0.2) is 59.4 Å². The maximum absolute atomic E-state index is 12.8. The van der Waals surface area contributed by atoms with Gasteiger partial charge in [-0.25, -0.2) is 0 Å². The maximum Gasteiger partial charge on any atom is 0.261 e. The van der Waals surface area contributed by atoms with Gasteiger partial charge in [0, 0.05) is 22.7 Å². The van der Waals surface area contributed by atoms with E-state index in [1.54, 1.807) is 24.3 Å². The van der Waals surface area contributed by atoms with Gasteiger partial charge in [0.1, 0.15) is 11.3 Å². The highest BCUT2D eigenvalue weighted by Gasteiger charge is 2.22. The van der Waals surface area contributed by atoms with E-state index in [1.807, 2.05) is 18.2 Å². The summed E-state index contributed by atoms with van der Waals surface area (Å²) in [6, 6.07) is 15.2. The number of pyridine rings is 1. The Kier molecular flexibility index (Phi) is 5.18. The standard InChI is InChI=1S/C22H17ClN2O4/c23-13-9-10-20(29-14-5-2-1-3-6-14)18(11-13)25-22(28)16-12-15-17(24-21(16)27)7-4-8-19(15)26/h1-3,5-6,9-12H,4,7-8H2,(H,24,27)(H,25,28). The zero-order valence-corrected chi connectivity index (χ0v) is 16.1. The van der Waals surface area contributed by atoms with Gasteiger partial charge in [-0.05, 0) is 49.2 Å². The summed E-state index contributed by atoms with van der Waals surface area (Å²) in [7, 11) is 0. The number of carbonyl (C=O) groups is 2. The molecule has 7 heteroatoms. The lowest BCUT2D eigenvalue weighted by atomic mass is 9.93. The van der Waals surface area contributed by atoms with Gasteiger partial charge in [0.2, 0.25) is 0 Å². The Morgan fingerprint density at radius 1 is 1.03 bits per heavy atom. The van der Waals surface area contributed by atoms with Crippen LogP contribution in [0.3, 0.4) is 0 Å². The van der Waals surface area contributed by atoms with Crippen molar-refractivity contribution < 1.29 is 14.3 Å². The molecule has 2 N–H and O–H groups in total. The first-order chi connectivity index (χ1) is 14.0. The lowest BCUT2D eigenvalue weighted by molar-refractivity contribution is 0.0971. The number of aromatic amines is 1. The highest BCUT2D eigenvalue weighted by molar-refractivity contribution is 6.31. The van der Waals surface area contributed by atoms with E-state index >= 15 is 0 Å². The number of nitrogens with one attached hydrogen (secondary N) is 2. The van der Waals surface area contributed by atoms with Gasteiger partial charge in [-0.15, -0.1) is 0 Å². The average molecular weight is 409 g/mol. The Morgan fingerprint density at radius 2 is 1.83 bits per heavy atom. The molecule has 1 aliphatic rings. The van der Waals surface area contributed by atoms with Crippen LogP contribution < -0.4 is 15.6 Å². The first-order valence-corrected chi connectivity index (χ1v) is 9.52. The van der Waals surface area contributed by atoms with Gasteiger partial charge in [-0.2, -0.15) is 0 Å². The molecule has 1 aromatic heterocycles. The number of ether oxygens (including phenoxy) is 1. The van der Waals surface area contributed by atoms with Crippen LogP contribution >= 0.6 is 11.6 Å². The van der Waals surface area contributed by atoms with E-state index < -0.39 is 11.5 Å². The molecule has 29 heavy (non-hydrogen) atoms. The normalized spacial score (nSPS) is 12.9. The highest BCUT2D eigenvalue weighted by atomic mass is 35.5. The molecular weight excluding hydrogens is 392 g/mol. The van der Waals surface area contributed by atoms with Crippen molar-refractivity contribution in [1.29, 1.82) is 0 Å². The van der Waals surface area contributed by atoms with Gasteiger partial charge in [0.25, 0.3) is 11.5 Å². The third-order valence-corrected chi connectivity index (χ3v) is 4.89. The topological polar surface area (TPSA) is 88.3 Å². The number of aryl methyl sites for hydroxylation is 1. The molecule has 1 aliphatic carbocycles. The Hall–Kier alpha value is -3.38. The molecule has 0 saturated heterocycles. The molecule has 0 aliphatic heterocycles. The Morgan fingerprint density at radius 3 is 2.62 bits per heavy atom. The third-order valence-electron chi connectivity index (χ3n) is 4.66. The minimum Gasteiger partial charge on any atom is -0.455 e. The van der Waals surface area contributed by atoms with Gasteiger partial charge in [-0.1, -0.05) is 29.8 Å². The van der Waals surface area contributed by atoms with Crippen molar-refractivity contribution in [1.82, 2.24) is 4.98 Å². The molecule has 0 fully saturated rings. The second-order valence-corrected chi connectivity index (χ2v) is 7.13. The first kappa shape index (κ1) is 19.0. The zero-order valence-electron chi connectivity index (χ0n) is 15.3. The van der Waals surface area contributed by atoms with Crippen LogP contribution in [0.5, 0.6) is 11.5 Å². The number of benzene rings is 2. The predicted molar refractivity (Wildman–Crippen MR) is 110 cm³/mol. The summed E-state index contributed by atoms with van der Waals surface area (Å²) < 4.78 is 5.83. The average Bonchev–Trinajstić information content (AvgIpc) is 2.70. The third kappa shape index (κ3) is 4.07. The largest absolute Gasteiger partial charge is 0.455 e. The Labute approximate surface area is 171 Å². The summed E-state index contributed by atoms with van der Waals surface area (Å²) in [5.74, 6) is 0.238. The molecule has 1 heterocycles. The molecule has 2 aromatic carbocycles. The van der Waals surface area contributed by atoms with Crippen molar-refractivity contribution in [2.75, 3.05) is 5.32 Å². The molecule has 6 nitrogen and oxygen atoms in total. The summed E-state index contributed by atoms with van der Waals surface area (Å²) in [5, 5.41) is 3.07. The Bertz CT molecular complexity index is 1160. The first-order valence-electron chi connectivity index (χ1n) is 9.14. The van der Waals surface area contributed by atoms with E-state index in [0.29, 0.717) is 52.7 Å². The molecule has 0 saturated carbocycles. The van der Waals surface area contributed by atoms with Gasteiger partial charge in [0.05, 0.1) is 5.69 Å². The Balaban J connectivity index is 1.65. The molecule has 4 rings (SSSR count). The number of H-pyrrole nitrogens is 1. The second kappa shape index (κ2) is 7.93. The fraction of sp³-hybridized carbons (Fsp3) is 0.136. The fourth-order valence-electron chi connectivity index (χ4n) is 3.24. The van der Waals surface area contributed by atoms with Crippen molar-refractivity contribution in [3.63, 3.8) is 0 Å². The number of Topliss-reactive ketones (excluding diaryl/α,β-unsaturated/α-hetero) is 1. The van der Waals surface area contributed by atoms with Gasteiger partial charge in [0.15, 0.2) is 11.5 Å². The summed E-state index contributed by atoms with van der Waals surface area (Å²) in [6.07, 6.45) is 1.71. The minimum absolute atomic E-state index is 0.0765. The van der Waals surface area contributed by atoms with E-state index in [1.165, 1.54) is 12.1 Å². The quantitative estimate of drug-likeness (QED) is 0.660. The van der Waals surface area contributed by atoms with Crippen LogP contribution in [-0.2, 0) is 6.42 Å². The van der Waals surface area contributed by atoms with Gasteiger partial charge < -0.3 is 15.0 Å². The minimum atomic E-state index is -0.646. The number of hydrogen-bond donors (Lipinski definition) is 2. The van der Waals surface area contributed by atoms with Crippen molar-refractivity contribution in [2.45, 2.75) is 19.3 Å². The van der Waals surface area contributed by atoms with E-state index in [2.05, 4.69) is 10.3 Å². The number of ketones is 1. The molecular formula is C22H17ClN2O4. The van der Waals surface area contributed by atoms with Crippen molar-refractivity contribution in [2.24, 2.45) is 0 Å². The van der Waals surface area contributed by atoms with Crippen LogP contribution in [0, 0.1) is 0 Å². The SMILES string of the molecule is O=C1CCCc2[nH]c(=O)c(C(=O)Nc3cc(Cl)ccc3Oc3ccccc3)cc21. The van der Waals surface area contributed by atoms with Gasteiger partial charge in [-0.3, -0.25) is 14.4 Å². The number of halogens is 1. The van der Waals surface area contributed by atoms with Crippen LogP contribution in [-0.4, -0.2) is 16.7 Å². The number of fused-ring (bicyclic) bond motifs is 1. The molecule has 0 bridgehead atoms. The number of carbonyl (C=O) groups excluding carboxylic acids is 2. The van der Waals surface area contributed by atoms with E-state index in [9.17, 15) is 14.4 Å². The molecule has 146 valence electrons. The number of anilines is 1. The maximum atomic E-state index is 12.8. The predicted octanol–water partition coefficient (Wildman–Crippen LogP) is 4.59. The van der Waals surface area contributed by atoms with Crippen molar-refractivity contribution >= 4 is 29.0 Å². The summed E-state index contributed by atoms with van der Waals surface area (Å²) >= 11 is 6.08. The van der Waals surface area contributed by atoms with E-state index in [-0.39, 0.29) is 11.3 Å². The molecule has 0 unspecified atom stereocenters. The number of amides is 1. The number of rotatable bonds is 4. The van der Waals surface area contributed by atoms with Crippen LogP contribution in [0.2, 0.25) is 5.02 Å². The van der Waals surface area contributed by atoms with Crippen LogP contribution in [0.1, 0.15) is 39.3 Å². The number of hydrogen-bond acceptors (Lipinski definition) is 4. The zero-order chi connectivity index (χ0) is 20.4. The number of aromatic nitrogens is 1. The van der Waals surface area contributed by atoms with Crippen LogP contribution in [0.25, 0.3) is 0 Å². The lowest BCUT2D eigenvalue weighted by Gasteiger charge is -2.16. The summed E-state index contributed by atoms with van der Waals surface area (Å²) in [6.45, 7) is 0. The fourth-order valence-corrected chi connectivity index (χ4v) is 3.41. The molecule has 0 radical (unpaired) electrons. The smallest absolute Gasteiger partial charge is 0.261 e. The van der Waals surface area contributed by atoms with Gasteiger partial charge >= 0.3 is 0 Å². The summed E-state index contributed by atoms with van der Waals surface area (Å²) in [4.78, 5) is 40.0. The lowest BCUT2D eigenvalue weighted by Crippen LogP contribution is -2.27. The van der Waals surface area contributed by atoms with E-state index in [0.717, 1.165) is 0 Å². The molecule has 0 spiro atoms. The molecule has 3 aromatic rings. The molecule has 0 atom stereocenters. The van der Waals surface area contributed by atoms with Crippen molar-refractivity contribution in [3.05, 3.63) is 86.8 Å². The van der Waals surface area contributed by atoms with E-state index in [4.69, 9.17) is 16.3 Å².